The van der Waals surface area contributed by atoms with Crippen LogP contribution in [0.2, 0.25) is 0 Å². The molecule has 0 aliphatic rings. The van der Waals surface area contributed by atoms with Crippen LogP contribution in [-0.2, 0) is 22.1 Å². The lowest BCUT2D eigenvalue weighted by Gasteiger charge is -2.08. The predicted molar refractivity (Wildman–Crippen MR) is 82.2 cm³/mol. The molecule has 0 radical (unpaired) electrons. The zero-order chi connectivity index (χ0) is 20.0. The fraction of sp³-hybridized carbons (Fsp3) is 0.429. The molecule has 1 heterocycles. The van der Waals surface area contributed by atoms with Crippen molar-refractivity contribution in [3.05, 3.63) is 35.4 Å². The Hall–Kier alpha value is -1.37. The molecule has 0 amide bonds. The molecule has 0 atom stereocenters. The third kappa shape index (κ3) is 3.59. The second kappa shape index (κ2) is 5.95. The molecule has 2 N–H and O–H groups in total. The van der Waals surface area contributed by atoms with E-state index in [1.165, 1.54) is 7.05 Å². The van der Waals surface area contributed by atoms with Gasteiger partial charge in [-0.1, -0.05) is 6.04 Å². The summed E-state index contributed by atoms with van der Waals surface area (Å²) < 4.78 is 75.1. The number of aromatic nitrogens is 1. The Morgan fingerprint density at radius 2 is 2.20 bits per heavy atom. The van der Waals surface area contributed by atoms with E-state index < -0.39 is 28.2 Å². The Balaban J connectivity index is 2.86. The lowest BCUT2D eigenvalue weighted by Crippen LogP contribution is -2.20. The highest BCUT2D eigenvalue weighted by Crippen LogP contribution is 2.21. The van der Waals surface area contributed by atoms with Crippen LogP contribution in [0.1, 0.15) is 19.4 Å². The number of rotatable bonds is 6. The molecule has 0 aliphatic heterocycles. The molecule has 0 spiro atoms. The quantitative estimate of drug-likeness (QED) is 0.846. The number of nitrogens with one attached hydrogen (secondary N) is 2. The summed E-state index contributed by atoms with van der Waals surface area (Å²) in [6, 6.07) is -1.15. The van der Waals surface area contributed by atoms with E-state index in [1.54, 1.807) is 19.0 Å². The zero-order valence-electron chi connectivity index (χ0n) is 17.6. The molecular weight excluding hydrogens is 274 g/mol. The van der Waals surface area contributed by atoms with Gasteiger partial charge in [0.2, 0.25) is 10.0 Å². The van der Waals surface area contributed by atoms with Crippen LogP contribution in [0, 0.1) is 0 Å². The van der Waals surface area contributed by atoms with E-state index in [1.807, 2.05) is 0 Å². The van der Waals surface area contributed by atoms with Crippen LogP contribution in [0.3, 0.4) is 0 Å². The van der Waals surface area contributed by atoms with E-state index in [-0.39, 0.29) is 46.8 Å². The number of fused-ring (bicyclic) bond motifs is 1. The molecule has 110 valence electrons. The maximum atomic E-state index is 11.9. The molecule has 0 bridgehead atoms. The molecule has 0 unspecified atom stereocenters. The van der Waals surface area contributed by atoms with Crippen LogP contribution in [0.25, 0.3) is 10.9 Å². The number of nitrogens with zero attached hydrogens (tertiary/aromatic N) is 1. The highest BCUT2D eigenvalue weighted by atomic mass is 32.2. The van der Waals surface area contributed by atoms with Crippen molar-refractivity contribution in [2.24, 2.45) is 0 Å². The van der Waals surface area contributed by atoms with Gasteiger partial charge in [-0.15, -0.1) is 0 Å². The van der Waals surface area contributed by atoms with Gasteiger partial charge in [0, 0.05) is 26.4 Å². The first kappa shape index (κ1) is 8.81. The SMILES string of the molecule is [2H]c1[nH]c2c([2H])c([2H])c(CS(=O)(=O)NC)c([2H])c2c1C([2H])([2H])CN(C)C. The van der Waals surface area contributed by atoms with Crippen LogP contribution in [0.5, 0.6) is 0 Å². The number of benzene rings is 1. The third-order valence-corrected chi connectivity index (χ3v) is 3.93. The second-order valence-corrected chi connectivity index (χ2v) is 6.53. The average Bonchev–Trinajstić information content (AvgIpc) is 2.86. The first-order valence-electron chi connectivity index (χ1n) is 8.99. The van der Waals surface area contributed by atoms with Crippen molar-refractivity contribution >= 4 is 20.9 Å². The zero-order valence-corrected chi connectivity index (χ0v) is 12.4. The van der Waals surface area contributed by atoms with Crippen molar-refractivity contribution < 1.29 is 16.6 Å². The summed E-state index contributed by atoms with van der Waals surface area (Å²) in [6.45, 7) is -0.0641. The summed E-state index contributed by atoms with van der Waals surface area (Å²) in [5.41, 5.74) is -0.311. The third-order valence-electron chi connectivity index (χ3n) is 2.64. The minimum Gasteiger partial charge on any atom is -0.361 e. The lowest BCUT2D eigenvalue weighted by atomic mass is 10.1. The van der Waals surface area contributed by atoms with Gasteiger partial charge in [-0.05, 0) is 50.7 Å². The maximum absolute atomic E-state index is 11.9. The van der Waals surface area contributed by atoms with Gasteiger partial charge < -0.3 is 9.88 Å². The van der Waals surface area contributed by atoms with Crippen LogP contribution in [-0.4, -0.2) is 46.0 Å². The molecule has 2 rings (SSSR count). The molecule has 1 aromatic carbocycles. The predicted octanol–water partition coefficient (Wildman–Crippen LogP) is 1.32. The van der Waals surface area contributed by atoms with E-state index in [2.05, 4.69) is 9.71 Å². The van der Waals surface area contributed by atoms with Crippen molar-refractivity contribution in [3.8, 4) is 0 Å². The Kier molecular flexibility index (Phi) is 2.62. The maximum Gasteiger partial charge on any atom is 0.215 e. The van der Waals surface area contributed by atoms with Crippen molar-refractivity contribution in [2.75, 3.05) is 27.7 Å². The fourth-order valence-electron chi connectivity index (χ4n) is 1.62. The highest BCUT2D eigenvalue weighted by molar-refractivity contribution is 7.88. The summed E-state index contributed by atoms with van der Waals surface area (Å²) >= 11 is 0. The van der Waals surface area contributed by atoms with Crippen LogP contribution < -0.4 is 4.72 Å². The topological polar surface area (TPSA) is 65.2 Å². The van der Waals surface area contributed by atoms with Crippen LogP contribution in [0.4, 0.5) is 0 Å². The van der Waals surface area contributed by atoms with E-state index >= 15 is 0 Å². The van der Waals surface area contributed by atoms with E-state index in [9.17, 15) is 8.42 Å². The summed E-state index contributed by atoms with van der Waals surface area (Å²) in [5, 5.41) is -0.0239. The van der Waals surface area contributed by atoms with Crippen LogP contribution >= 0.6 is 0 Å². The summed E-state index contributed by atoms with van der Waals surface area (Å²) in [6.07, 6.45) is -2.30. The Labute approximate surface area is 128 Å². The van der Waals surface area contributed by atoms with Crippen LogP contribution in [0.15, 0.2) is 24.3 Å². The van der Waals surface area contributed by atoms with Gasteiger partial charge in [0.25, 0.3) is 0 Å². The monoisotopic (exact) mass is 301 g/mol. The molecule has 0 fully saturated rings. The second-order valence-electron chi connectivity index (χ2n) is 4.61. The summed E-state index contributed by atoms with van der Waals surface area (Å²) in [4.78, 5) is 4.17. The van der Waals surface area contributed by atoms with Crippen molar-refractivity contribution in [1.82, 2.24) is 14.6 Å². The Bertz CT molecular complexity index is 956. The van der Waals surface area contributed by atoms with Gasteiger partial charge >= 0.3 is 0 Å². The molecule has 5 nitrogen and oxygen atoms in total. The normalized spacial score (nSPS) is 17.4. The minimum absolute atomic E-state index is 0.00626. The molecule has 1 aromatic heterocycles. The van der Waals surface area contributed by atoms with Crippen molar-refractivity contribution in [2.45, 2.75) is 12.1 Å². The number of likely N-dealkylation sites (N-methyl/N-ethyl adjacent to an activating group) is 1. The van der Waals surface area contributed by atoms with Gasteiger partial charge in [0.15, 0.2) is 0 Å². The molecule has 6 heteroatoms. The van der Waals surface area contributed by atoms with Gasteiger partial charge in [-0.25, -0.2) is 13.1 Å². The fourth-order valence-corrected chi connectivity index (χ4v) is 2.29. The highest BCUT2D eigenvalue weighted by Gasteiger charge is 2.11. The molecule has 0 saturated heterocycles. The van der Waals surface area contributed by atoms with Gasteiger partial charge in [-0.2, -0.15) is 0 Å². The molecule has 0 saturated carbocycles. The summed E-state index contributed by atoms with van der Waals surface area (Å²) in [5.74, 6) is -0.669. The van der Waals surface area contributed by atoms with Crippen molar-refractivity contribution in [1.29, 1.82) is 0 Å². The average molecular weight is 301 g/mol. The molecule has 2 aromatic rings. The smallest absolute Gasteiger partial charge is 0.215 e. The molecular formula is C14H21N3O2S. The Morgan fingerprint density at radius 3 is 2.85 bits per heavy atom. The first-order valence-corrected chi connectivity index (χ1v) is 7.65. The number of H-pyrrole nitrogens is 1. The van der Waals surface area contributed by atoms with E-state index in [0.29, 0.717) is 0 Å². The first-order chi connectivity index (χ1) is 11.8. The van der Waals surface area contributed by atoms with E-state index in [0.717, 1.165) is 0 Å². The van der Waals surface area contributed by atoms with Gasteiger partial charge in [-0.3, -0.25) is 0 Å². The van der Waals surface area contributed by atoms with Gasteiger partial charge in [0.05, 0.1) is 11.2 Å². The Morgan fingerprint density at radius 1 is 1.45 bits per heavy atom. The van der Waals surface area contributed by atoms with Crippen molar-refractivity contribution in [3.63, 3.8) is 0 Å². The van der Waals surface area contributed by atoms with E-state index in [4.69, 9.17) is 8.22 Å². The molecule has 0 aliphatic carbocycles. The summed E-state index contributed by atoms with van der Waals surface area (Å²) in [7, 11) is 0.749. The largest absolute Gasteiger partial charge is 0.361 e. The number of hydrogen-bond acceptors (Lipinski definition) is 3. The standard InChI is InChI=1S/C14H21N3O2S/c1-15-20(18,19)10-11-4-5-14-13(8-11)12(9-16-14)6-7-17(2)3/h4-5,8-9,15-16H,6-7,10H2,1-3H3/i4D,5D,6D2,8D,9D. The number of aromatic amines is 1. The van der Waals surface area contributed by atoms with Gasteiger partial charge in [0.1, 0.15) is 0 Å². The number of hydrogen-bond donors (Lipinski definition) is 2. The number of sulfonamides is 1. The molecule has 20 heavy (non-hydrogen) atoms. The minimum atomic E-state index is -3.80. The lowest BCUT2D eigenvalue weighted by molar-refractivity contribution is 0.414.